The molecular formula is C18H26N4O3. The third kappa shape index (κ3) is 3.75. The van der Waals surface area contributed by atoms with E-state index in [1.54, 1.807) is 17.6 Å². The number of nitrogens with one attached hydrogen (secondary N) is 1. The van der Waals surface area contributed by atoms with Gasteiger partial charge in [0.1, 0.15) is 12.1 Å². The Kier molecular flexibility index (Phi) is 5.35. The summed E-state index contributed by atoms with van der Waals surface area (Å²) in [7, 11) is 0. The highest BCUT2D eigenvalue weighted by Gasteiger charge is 2.33. The fraction of sp³-hybridized carbons (Fsp3) is 0.500. The number of rotatable bonds is 7. The molecule has 0 aliphatic rings. The fourth-order valence-electron chi connectivity index (χ4n) is 3.25. The van der Waals surface area contributed by atoms with Crippen LogP contribution in [0.15, 0.2) is 29.1 Å². The minimum atomic E-state index is -1.14. The summed E-state index contributed by atoms with van der Waals surface area (Å²) in [5, 5.41) is 2.71. The molecule has 0 fully saturated rings. The molecule has 3 N–H and O–H groups in total. The molecule has 0 unspecified atom stereocenters. The van der Waals surface area contributed by atoms with Gasteiger partial charge in [0.05, 0.1) is 11.0 Å². The molecule has 1 aromatic carbocycles. The van der Waals surface area contributed by atoms with E-state index in [2.05, 4.69) is 5.32 Å². The molecule has 1 aromatic heterocycles. The number of carbonyl (C=O) groups is 2. The molecule has 1 atom stereocenters. The van der Waals surface area contributed by atoms with Crippen LogP contribution < -0.4 is 16.7 Å². The van der Waals surface area contributed by atoms with Gasteiger partial charge in [0.25, 0.3) is 0 Å². The van der Waals surface area contributed by atoms with E-state index in [0.717, 1.165) is 5.52 Å². The molecule has 0 radical (unpaired) electrons. The summed E-state index contributed by atoms with van der Waals surface area (Å²) in [6.45, 7) is 7.75. The van der Waals surface area contributed by atoms with E-state index >= 15 is 0 Å². The normalized spacial score (nSPS) is 13.8. The van der Waals surface area contributed by atoms with Gasteiger partial charge in [0.15, 0.2) is 0 Å². The molecule has 136 valence electrons. The van der Waals surface area contributed by atoms with Gasteiger partial charge in [-0.1, -0.05) is 26.0 Å². The Bertz CT molecular complexity index is 850. The minimum absolute atomic E-state index is 0.159. The van der Waals surface area contributed by atoms with Crippen LogP contribution in [0.4, 0.5) is 0 Å². The molecule has 0 saturated carbocycles. The first-order chi connectivity index (χ1) is 11.7. The number of hydrogen-bond donors (Lipinski definition) is 2. The van der Waals surface area contributed by atoms with Gasteiger partial charge in [-0.25, -0.2) is 4.79 Å². The number of aryl methyl sites for hydroxylation is 1. The van der Waals surface area contributed by atoms with E-state index in [4.69, 9.17) is 5.73 Å². The molecule has 7 nitrogen and oxygen atoms in total. The number of benzene rings is 1. The van der Waals surface area contributed by atoms with Crippen molar-refractivity contribution in [2.75, 3.05) is 0 Å². The van der Waals surface area contributed by atoms with Crippen molar-refractivity contribution < 1.29 is 9.59 Å². The molecule has 25 heavy (non-hydrogen) atoms. The predicted octanol–water partition coefficient (Wildman–Crippen LogP) is 1.23. The molecular weight excluding hydrogens is 320 g/mol. The molecule has 0 spiro atoms. The van der Waals surface area contributed by atoms with Crippen molar-refractivity contribution in [2.24, 2.45) is 11.7 Å². The second-order valence-electron chi connectivity index (χ2n) is 6.94. The number of primary amides is 1. The average Bonchev–Trinajstić information content (AvgIpc) is 2.78. The first-order valence-corrected chi connectivity index (χ1v) is 8.48. The third-order valence-electron chi connectivity index (χ3n) is 4.32. The predicted molar refractivity (Wildman–Crippen MR) is 97.1 cm³/mol. The van der Waals surface area contributed by atoms with Crippen molar-refractivity contribution in [3.05, 3.63) is 34.7 Å². The molecule has 7 heteroatoms. The fourth-order valence-corrected chi connectivity index (χ4v) is 3.25. The highest BCUT2D eigenvalue weighted by molar-refractivity contribution is 5.90. The topological polar surface area (TPSA) is 99.1 Å². The maximum absolute atomic E-state index is 12.6. The van der Waals surface area contributed by atoms with Crippen LogP contribution in [0, 0.1) is 5.92 Å². The van der Waals surface area contributed by atoms with Crippen molar-refractivity contribution in [2.45, 2.75) is 52.7 Å². The van der Waals surface area contributed by atoms with Crippen molar-refractivity contribution >= 4 is 22.8 Å². The van der Waals surface area contributed by atoms with Gasteiger partial charge < -0.3 is 11.1 Å². The Labute approximate surface area is 146 Å². The van der Waals surface area contributed by atoms with Gasteiger partial charge in [-0.3, -0.25) is 18.7 Å². The van der Waals surface area contributed by atoms with E-state index in [0.29, 0.717) is 18.5 Å². The standard InChI is InChI=1S/C18H26N4O3/c1-5-21-13-8-6-7-9-14(13)22(17(21)25)11-15(23)20-18(4,16(19)24)10-12(2)3/h6-9,12H,5,10-11H2,1-4H3,(H2,19,24)(H,20,23)/t18-/m0/s1. The Morgan fingerprint density at radius 2 is 1.76 bits per heavy atom. The van der Waals surface area contributed by atoms with Crippen LogP contribution in [-0.4, -0.2) is 26.5 Å². The van der Waals surface area contributed by atoms with Crippen LogP contribution in [0.2, 0.25) is 0 Å². The van der Waals surface area contributed by atoms with Crippen LogP contribution in [-0.2, 0) is 22.7 Å². The number of carbonyl (C=O) groups excluding carboxylic acids is 2. The third-order valence-corrected chi connectivity index (χ3v) is 4.32. The molecule has 0 bridgehead atoms. The highest BCUT2D eigenvalue weighted by atomic mass is 16.2. The summed E-state index contributed by atoms with van der Waals surface area (Å²) in [5.41, 5.74) is 5.56. The van der Waals surface area contributed by atoms with Gasteiger partial charge >= 0.3 is 5.69 Å². The summed E-state index contributed by atoms with van der Waals surface area (Å²) < 4.78 is 3.04. The summed E-state index contributed by atoms with van der Waals surface area (Å²) in [4.78, 5) is 36.9. The van der Waals surface area contributed by atoms with E-state index in [1.807, 2.05) is 39.0 Å². The lowest BCUT2D eigenvalue weighted by atomic mass is 9.90. The summed E-state index contributed by atoms with van der Waals surface area (Å²) in [5.74, 6) is -0.816. The van der Waals surface area contributed by atoms with Gasteiger partial charge in [0.2, 0.25) is 11.8 Å². The van der Waals surface area contributed by atoms with Crippen molar-refractivity contribution in [3.63, 3.8) is 0 Å². The number of nitrogens with two attached hydrogens (primary N) is 1. The van der Waals surface area contributed by atoms with Crippen LogP contribution in [0.25, 0.3) is 11.0 Å². The monoisotopic (exact) mass is 346 g/mol. The summed E-state index contributed by atoms with van der Waals surface area (Å²) in [6, 6.07) is 7.33. The Morgan fingerprint density at radius 3 is 2.24 bits per heavy atom. The Hall–Kier alpha value is -2.57. The maximum Gasteiger partial charge on any atom is 0.329 e. The van der Waals surface area contributed by atoms with Crippen molar-refractivity contribution in [1.29, 1.82) is 0 Å². The summed E-state index contributed by atoms with van der Waals surface area (Å²) in [6.07, 6.45) is 0.430. The number of nitrogens with zero attached hydrogens (tertiary/aromatic N) is 2. The van der Waals surface area contributed by atoms with E-state index in [9.17, 15) is 14.4 Å². The highest BCUT2D eigenvalue weighted by Crippen LogP contribution is 2.17. The van der Waals surface area contributed by atoms with Gasteiger partial charge in [-0.15, -0.1) is 0 Å². The first kappa shape index (κ1) is 18.8. The molecule has 0 aliphatic carbocycles. The zero-order chi connectivity index (χ0) is 18.8. The van der Waals surface area contributed by atoms with Crippen LogP contribution >= 0.6 is 0 Å². The van der Waals surface area contributed by atoms with Crippen LogP contribution in [0.3, 0.4) is 0 Å². The lowest BCUT2D eigenvalue weighted by Crippen LogP contribution is -2.56. The van der Waals surface area contributed by atoms with E-state index in [-0.39, 0.29) is 18.2 Å². The molecule has 2 aromatic rings. The molecule has 0 aliphatic heterocycles. The molecule has 2 amide bonds. The Balaban J connectivity index is 2.32. The number of amides is 2. The van der Waals surface area contributed by atoms with Gasteiger partial charge in [-0.2, -0.15) is 0 Å². The van der Waals surface area contributed by atoms with Crippen LogP contribution in [0.1, 0.15) is 34.1 Å². The first-order valence-electron chi connectivity index (χ1n) is 8.48. The lowest BCUT2D eigenvalue weighted by Gasteiger charge is -2.29. The molecule has 2 rings (SSSR count). The second kappa shape index (κ2) is 7.13. The van der Waals surface area contributed by atoms with E-state index < -0.39 is 17.4 Å². The number of imidazole rings is 1. The number of para-hydroxylation sites is 2. The van der Waals surface area contributed by atoms with Crippen molar-refractivity contribution in [1.82, 2.24) is 14.5 Å². The number of fused-ring (bicyclic) bond motifs is 1. The lowest BCUT2D eigenvalue weighted by molar-refractivity contribution is -0.131. The second-order valence-corrected chi connectivity index (χ2v) is 6.94. The van der Waals surface area contributed by atoms with Crippen molar-refractivity contribution in [3.8, 4) is 0 Å². The largest absolute Gasteiger partial charge is 0.368 e. The minimum Gasteiger partial charge on any atom is -0.368 e. The molecule has 1 heterocycles. The SMILES string of the molecule is CCn1c(=O)n(CC(=O)N[C@@](C)(CC(C)C)C(N)=O)c2ccccc21. The van der Waals surface area contributed by atoms with Crippen LogP contribution in [0.5, 0.6) is 0 Å². The maximum atomic E-state index is 12.6. The number of hydrogen-bond acceptors (Lipinski definition) is 3. The average molecular weight is 346 g/mol. The zero-order valence-electron chi connectivity index (χ0n) is 15.2. The van der Waals surface area contributed by atoms with Gasteiger partial charge in [0, 0.05) is 6.54 Å². The number of aromatic nitrogens is 2. The summed E-state index contributed by atoms with van der Waals surface area (Å²) >= 11 is 0. The zero-order valence-corrected chi connectivity index (χ0v) is 15.2. The van der Waals surface area contributed by atoms with E-state index in [1.165, 1.54) is 4.57 Å². The quantitative estimate of drug-likeness (QED) is 0.789. The smallest absolute Gasteiger partial charge is 0.329 e. The Morgan fingerprint density at radius 1 is 1.20 bits per heavy atom. The van der Waals surface area contributed by atoms with Gasteiger partial charge in [-0.05, 0) is 38.3 Å². The molecule has 0 saturated heterocycles.